The van der Waals surface area contributed by atoms with Gasteiger partial charge in [-0.1, -0.05) is 13.3 Å². The molecule has 2 N–H and O–H groups in total. The maximum absolute atomic E-state index is 5.35. The quantitative estimate of drug-likeness (QED) is 0.588. The minimum absolute atomic E-state index is 0.681. The van der Waals surface area contributed by atoms with Gasteiger partial charge >= 0.3 is 0 Å². The number of methoxy groups -OCH3 is 1. The Labute approximate surface area is 145 Å². The molecule has 1 fully saturated rings. The molecule has 1 aliphatic heterocycles. The van der Waals surface area contributed by atoms with Crippen LogP contribution < -0.4 is 15.4 Å². The first-order chi connectivity index (χ1) is 11.2. The molecule has 4 nitrogen and oxygen atoms in total. The molecule has 5 heteroatoms. The number of ether oxygens (including phenoxy) is 1. The van der Waals surface area contributed by atoms with E-state index in [9.17, 15) is 0 Å². The van der Waals surface area contributed by atoms with Crippen molar-refractivity contribution < 1.29 is 4.74 Å². The molecular formula is C18H29N3OS. The minimum atomic E-state index is 0.681. The minimum Gasteiger partial charge on any atom is -0.497 e. The number of nitrogens with one attached hydrogen (secondary N) is 2. The van der Waals surface area contributed by atoms with Gasteiger partial charge in [0.2, 0.25) is 0 Å². The summed E-state index contributed by atoms with van der Waals surface area (Å²) < 4.78 is 5.15. The number of benzene rings is 1. The van der Waals surface area contributed by atoms with Crippen LogP contribution in [0.5, 0.6) is 5.75 Å². The Balaban J connectivity index is 1.64. The summed E-state index contributed by atoms with van der Waals surface area (Å²) in [5.41, 5.74) is 0.977. The normalized spacial score (nSPS) is 18.4. The van der Waals surface area contributed by atoms with Crippen LogP contribution in [0.2, 0.25) is 0 Å². The van der Waals surface area contributed by atoms with E-state index < -0.39 is 0 Å². The van der Waals surface area contributed by atoms with Crippen LogP contribution in [0.1, 0.15) is 39.0 Å². The maximum Gasteiger partial charge on any atom is 0.170 e. The van der Waals surface area contributed by atoms with E-state index in [-0.39, 0.29) is 0 Å². The summed E-state index contributed by atoms with van der Waals surface area (Å²) in [5.74, 6) is 0.849. The molecule has 0 aliphatic carbocycles. The van der Waals surface area contributed by atoms with Gasteiger partial charge in [0, 0.05) is 24.8 Å². The third-order valence-electron chi connectivity index (χ3n) is 4.48. The van der Waals surface area contributed by atoms with Crippen molar-refractivity contribution in [2.75, 3.05) is 32.1 Å². The topological polar surface area (TPSA) is 36.5 Å². The van der Waals surface area contributed by atoms with E-state index in [1.165, 1.54) is 32.2 Å². The third-order valence-corrected chi connectivity index (χ3v) is 4.72. The molecule has 1 atom stereocenters. The molecule has 1 aliphatic rings. The molecule has 128 valence electrons. The summed E-state index contributed by atoms with van der Waals surface area (Å²) in [6.45, 7) is 5.63. The standard InChI is InChI=1S/C18H29N3OS/c1-3-16-7-4-5-13-21(16)14-6-12-19-18(23)20-15-8-10-17(22-2)11-9-15/h8-11,16H,3-7,12-14H2,1-2H3,(H2,19,20,23)/t16-/m1/s1. The number of piperidine rings is 1. The van der Waals surface area contributed by atoms with Gasteiger partial charge in [-0.15, -0.1) is 0 Å². The second-order valence-electron chi connectivity index (χ2n) is 6.06. The van der Waals surface area contributed by atoms with Crippen LogP contribution in [0.25, 0.3) is 0 Å². The van der Waals surface area contributed by atoms with Gasteiger partial charge in [-0.2, -0.15) is 0 Å². The fraction of sp³-hybridized carbons (Fsp3) is 0.611. The van der Waals surface area contributed by atoms with Crippen LogP contribution in [-0.2, 0) is 0 Å². The average Bonchev–Trinajstić information content (AvgIpc) is 2.59. The molecule has 1 heterocycles. The first-order valence-electron chi connectivity index (χ1n) is 8.66. The summed E-state index contributed by atoms with van der Waals surface area (Å²) in [7, 11) is 1.67. The lowest BCUT2D eigenvalue weighted by molar-refractivity contribution is 0.143. The van der Waals surface area contributed by atoms with E-state index in [4.69, 9.17) is 17.0 Å². The van der Waals surface area contributed by atoms with Gasteiger partial charge in [-0.05, 0) is 68.7 Å². The fourth-order valence-corrected chi connectivity index (χ4v) is 3.37. The van der Waals surface area contributed by atoms with Crippen LogP contribution in [0.4, 0.5) is 5.69 Å². The number of anilines is 1. The SMILES string of the molecule is CC[C@@H]1CCCCN1CCCNC(=S)Nc1ccc(OC)cc1. The molecule has 0 aromatic heterocycles. The zero-order valence-electron chi connectivity index (χ0n) is 14.3. The predicted molar refractivity (Wildman–Crippen MR) is 101 cm³/mol. The predicted octanol–water partition coefficient (Wildman–Crippen LogP) is 3.64. The van der Waals surface area contributed by atoms with Crippen LogP contribution in [0.3, 0.4) is 0 Å². The third kappa shape index (κ3) is 5.99. The molecule has 1 aromatic carbocycles. The molecule has 23 heavy (non-hydrogen) atoms. The van der Waals surface area contributed by atoms with E-state index >= 15 is 0 Å². The van der Waals surface area contributed by atoms with E-state index in [0.717, 1.165) is 37.0 Å². The van der Waals surface area contributed by atoms with Crippen molar-refractivity contribution in [2.24, 2.45) is 0 Å². The smallest absolute Gasteiger partial charge is 0.170 e. The monoisotopic (exact) mass is 335 g/mol. The number of rotatable bonds is 7. The fourth-order valence-electron chi connectivity index (χ4n) is 3.15. The highest BCUT2D eigenvalue weighted by molar-refractivity contribution is 7.80. The van der Waals surface area contributed by atoms with Crippen molar-refractivity contribution in [3.63, 3.8) is 0 Å². The molecule has 1 aromatic rings. The van der Waals surface area contributed by atoms with Crippen molar-refractivity contribution in [1.82, 2.24) is 10.2 Å². The van der Waals surface area contributed by atoms with Crippen molar-refractivity contribution in [3.05, 3.63) is 24.3 Å². The lowest BCUT2D eigenvalue weighted by atomic mass is 10.00. The van der Waals surface area contributed by atoms with E-state index in [1.54, 1.807) is 7.11 Å². The number of nitrogens with zero attached hydrogens (tertiary/aromatic N) is 1. The average molecular weight is 336 g/mol. The second kappa shape index (κ2) is 9.73. The number of thiocarbonyl (C=S) groups is 1. The summed E-state index contributed by atoms with van der Waals surface area (Å²) in [6, 6.07) is 8.56. The van der Waals surface area contributed by atoms with Crippen LogP contribution in [-0.4, -0.2) is 42.8 Å². The maximum atomic E-state index is 5.35. The molecule has 2 rings (SSSR count). The van der Waals surface area contributed by atoms with Crippen molar-refractivity contribution in [2.45, 2.75) is 45.1 Å². The summed E-state index contributed by atoms with van der Waals surface area (Å²) in [5, 5.41) is 7.18. The Hall–Kier alpha value is -1.33. The zero-order chi connectivity index (χ0) is 16.5. The summed E-state index contributed by atoms with van der Waals surface area (Å²) >= 11 is 5.35. The zero-order valence-corrected chi connectivity index (χ0v) is 15.1. The van der Waals surface area contributed by atoms with Gasteiger partial charge in [0.15, 0.2) is 5.11 Å². The molecule has 0 saturated carbocycles. The Morgan fingerprint density at radius 2 is 2.09 bits per heavy atom. The Morgan fingerprint density at radius 3 is 2.78 bits per heavy atom. The van der Waals surface area contributed by atoms with Crippen LogP contribution >= 0.6 is 12.2 Å². The van der Waals surface area contributed by atoms with Gasteiger partial charge in [0.1, 0.15) is 5.75 Å². The van der Waals surface area contributed by atoms with E-state index in [1.807, 2.05) is 24.3 Å². The molecule has 1 saturated heterocycles. The molecular weight excluding hydrogens is 306 g/mol. The first-order valence-corrected chi connectivity index (χ1v) is 9.06. The van der Waals surface area contributed by atoms with Crippen LogP contribution in [0, 0.1) is 0 Å². The van der Waals surface area contributed by atoms with Gasteiger partial charge in [0.05, 0.1) is 7.11 Å². The molecule has 0 amide bonds. The molecule has 0 unspecified atom stereocenters. The van der Waals surface area contributed by atoms with Crippen molar-refractivity contribution in [3.8, 4) is 5.75 Å². The molecule has 0 radical (unpaired) electrons. The Kier molecular flexibility index (Phi) is 7.62. The number of hydrogen-bond donors (Lipinski definition) is 2. The lowest BCUT2D eigenvalue weighted by Gasteiger charge is -2.35. The van der Waals surface area contributed by atoms with Crippen molar-refractivity contribution in [1.29, 1.82) is 0 Å². The van der Waals surface area contributed by atoms with Gasteiger partial charge in [-0.3, -0.25) is 0 Å². The first kappa shape index (κ1) is 18.0. The Bertz CT molecular complexity index is 478. The van der Waals surface area contributed by atoms with E-state index in [2.05, 4.69) is 22.5 Å². The Morgan fingerprint density at radius 1 is 1.30 bits per heavy atom. The summed E-state index contributed by atoms with van der Waals surface area (Å²) in [4.78, 5) is 2.64. The second-order valence-corrected chi connectivity index (χ2v) is 6.47. The van der Waals surface area contributed by atoms with E-state index in [0.29, 0.717) is 5.11 Å². The largest absolute Gasteiger partial charge is 0.497 e. The highest BCUT2D eigenvalue weighted by atomic mass is 32.1. The number of hydrogen-bond acceptors (Lipinski definition) is 3. The highest BCUT2D eigenvalue weighted by Gasteiger charge is 2.19. The molecule has 0 bridgehead atoms. The van der Waals surface area contributed by atoms with Gasteiger partial charge in [0.25, 0.3) is 0 Å². The summed E-state index contributed by atoms with van der Waals surface area (Å²) in [6.07, 6.45) is 6.50. The highest BCUT2D eigenvalue weighted by Crippen LogP contribution is 2.19. The van der Waals surface area contributed by atoms with Crippen molar-refractivity contribution >= 4 is 23.0 Å². The van der Waals surface area contributed by atoms with Gasteiger partial charge in [-0.25, -0.2) is 0 Å². The molecule has 0 spiro atoms. The van der Waals surface area contributed by atoms with Gasteiger partial charge < -0.3 is 20.3 Å². The lowest BCUT2D eigenvalue weighted by Crippen LogP contribution is -2.40. The van der Waals surface area contributed by atoms with Crippen LogP contribution in [0.15, 0.2) is 24.3 Å². The number of likely N-dealkylation sites (tertiary alicyclic amines) is 1.